The monoisotopic (exact) mass is 407 g/mol. The molecule has 0 aromatic heterocycles. The van der Waals surface area contributed by atoms with Crippen molar-refractivity contribution in [3.05, 3.63) is 30.6 Å². The number of alkyl halides is 3. The Morgan fingerprint density at radius 2 is 2.06 bits per heavy atom. The van der Waals surface area contributed by atoms with Crippen LogP contribution in [0, 0.1) is 3.57 Å². The van der Waals surface area contributed by atoms with Crippen LogP contribution >= 0.6 is 38.5 Å². The molecule has 0 saturated heterocycles. The average Bonchev–Trinajstić information content (AvgIpc) is 2.08. The molecule has 16 heavy (non-hydrogen) atoms. The predicted molar refractivity (Wildman–Crippen MR) is 62.3 cm³/mol. The molecule has 4 nitrogen and oxygen atoms in total. The van der Waals surface area contributed by atoms with Gasteiger partial charge in [0.25, 0.3) is 0 Å². The summed E-state index contributed by atoms with van der Waals surface area (Å²) in [5.74, 6) is -0.374. The molecule has 1 rings (SSSR count). The van der Waals surface area contributed by atoms with Crippen LogP contribution in [-0.4, -0.2) is 6.36 Å². The van der Waals surface area contributed by atoms with Crippen molar-refractivity contribution in [1.82, 2.24) is 0 Å². The van der Waals surface area contributed by atoms with E-state index in [0.29, 0.717) is 3.57 Å². The summed E-state index contributed by atoms with van der Waals surface area (Å²) in [7, 11) is 0. The fourth-order valence-electron chi connectivity index (χ4n) is 0.875. The van der Waals surface area contributed by atoms with Gasteiger partial charge >= 0.3 is 6.36 Å². The minimum absolute atomic E-state index is 0.220. The summed E-state index contributed by atoms with van der Waals surface area (Å²) in [5.41, 5.74) is 8.47. The van der Waals surface area contributed by atoms with E-state index in [2.05, 4.69) is 30.7 Å². The predicted octanol–water partition coefficient (Wildman–Crippen LogP) is 4.89. The first kappa shape index (κ1) is 13.4. The van der Waals surface area contributed by atoms with Gasteiger partial charge in [0.05, 0.1) is 5.69 Å². The number of ether oxygens (including phenoxy) is 1. The summed E-state index contributed by atoms with van der Waals surface area (Å²) in [6.45, 7) is 0. The van der Waals surface area contributed by atoms with Crippen molar-refractivity contribution in [2.75, 3.05) is 0 Å². The van der Waals surface area contributed by atoms with Crippen LogP contribution in [0.1, 0.15) is 0 Å². The molecule has 86 valence electrons. The van der Waals surface area contributed by atoms with Crippen LogP contribution in [0.15, 0.2) is 21.7 Å². The van der Waals surface area contributed by atoms with Crippen LogP contribution < -0.4 is 4.74 Å². The Balaban J connectivity index is 3.14. The summed E-state index contributed by atoms with van der Waals surface area (Å²) < 4.78 is 40.1. The highest BCUT2D eigenvalue weighted by Gasteiger charge is 2.31. The van der Waals surface area contributed by atoms with Gasteiger partial charge in [0.15, 0.2) is 0 Å². The molecule has 0 saturated carbocycles. The molecule has 0 N–H and O–H groups in total. The van der Waals surface area contributed by atoms with E-state index in [1.807, 2.05) is 0 Å². The molecule has 0 aliphatic rings. The zero-order valence-corrected chi connectivity index (χ0v) is 11.0. The molecule has 1 aromatic carbocycles. The summed E-state index contributed by atoms with van der Waals surface area (Å²) >= 11 is 4.73. The number of hydrogen-bond acceptors (Lipinski definition) is 2. The van der Waals surface area contributed by atoms with Crippen molar-refractivity contribution in [3.8, 4) is 5.75 Å². The van der Waals surface area contributed by atoms with Crippen molar-refractivity contribution >= 4 is 44.2 Å². The van der Waals surface area contributed by atoms with E-state index in [0.717, 1.165) is 12.1 Å². The molecule has 0 bridgehead atoms. The molecule has 0 fully saturated rings. The highest BCUT2D eigenvalue weighted by Crippen LogP contribution is 2.36. The van der Waals surface area contributed by atoms with Crippen LogP contribution in [0.25, 0.3) is 10.4 Å². The number of benzene rings is 1. The standard InChI is InChI=1S/C7H2BrF3IN3O/c8-4-1-3(16-7(9,10)11)2-5(12)6(4)14-15-13/h1-2H. The van der Waals surface area contributed by atoms with Gasteiger partial charge in [0.2, 0.25) is 0 Å². The fourth-order valence-corrected chi connectivity index (χ4v) is 2.47. The summed E-state index contributed by atoms with van der Waals surface area (Å²) in [6.07, 6.45) is -4.75. The molecule has 0 radical (unpaired) electrons. The van der Waals surface area contributed by atoms with Crippen molar-refractivity contribution in [1.29, 1.82) is 0 Å². The van der Waals surface area contributed by atoms with Crippen LogP contribution in [0.3, 0.4) is 0 Å². The Morgan fingerprint density at radius 3 is 2.50 bits per heavy atom. The maximum Gasteiger partial charge on any atom is 0.573 e. The van der Waals surface area contributed by atoms with E-state index >= 15 is 0 Å². The van der Waals surface area contributed by atoms with Gasteiger partial charge in [-0.15, -0.1) is 13.2 Å². The first-order chi connectivity index (χ1) is 7.33. The highest BCUT2D eigenvalue weighted by molar-refractivity contribution is 14.1. The molecule has 0 amide bonds. The topological polar surface area (TPSA) is 58.0 Å². The zero-order chi connectivity index (χ0) is 12.3. The Bertz CT molecular complexity index is 436. The quantitative estimate of drug-likeness (QED) is 0.298. The van der Waals surface area contributed by atoms with Crippen LogP contribution in [0.4, 0.5) is 18.9 Å². The lowest BCUT2D eigenvalue weighted by atomic mass is 10.3. The number of nitrogens with zero attached hydrogens (tertiary/aromatic N) is 3. The minimum atomic E-state index is -4.75. The first-order valence-corrected chi connectivity index (χ1v) is 5.50. The van der Waals surface area contributed by atoms with Crippen LogP contribution in [-0.2, 0) is 0 Å². The number of rotatable bonds is 2. The van der Waals surface area contributed by atoms with Gasteiger partial charge in [0, 0.05) is 13.0 Å². The molecule has 0 unspecified atom stereocenters. The Labute approximate surface area is 110 Å². The number of azide groups is 1. The molecular formula is C7H2BrF3IN3O. The van der Waals surface area contributed by atoms with E-state index in [1.165, 1.54) is 0 Å². The lowest BCUT2D eigenvalue weighted by molar-refractivity contribution is -0.274. The van der Waals surface area contributed by atoms with Gasteiger partial charge in [-0.05, 0) is 40.3 Å². The molecule has 0 aliphatic carbocycles. The molecule has 0 spiro atoms. The largest absolute Gasteiger partial charge is 0.573 e. The van der Waals surface area contributed by atoms with Gasteiger partial charge in [-0.1, -0.05) is 21.0 Å². The van der Waals surface area contributed by atoms with Crippen molar-refractivity contribution in [2.24, 2.45) is 5.11 Å². The minimum Gasteiger partial charge on any atom is -0.406 e. The van der Waals surface area contributed by atoms with Gasteiger partial charge in [-0.25, -0.2) is 0 Å². The molecule has 0 atom stereocenters. The third-order valence-corrected chi connectivity index (χ3v) is 2.80. The first-order valence-electron chi connectivity index (χ1n) is 3.63. The lowest BCUT2D eigenvalue weighted by Crippen LogP contribution is -2.17. The molecule has 0 heterocycles. The zero-order valence-electron chi connectivity index (χ0n) is 7.29. The Kier molecular flexibility index (Phi) is 4.28. The van der Waals surface area contributed by atoms with Gasteiger partial charge < -0.3 is 4.74 Å². The van der Waals surface area contributed by atoms with Gasteiger partial charge in [-0.3, -0.25) is 0 Å². The van der Waals surface area contributed by atoms with Crippen molar-refractivity contribution in [2.45, 2.75) is 6.36 Å². The summed E-state index contributed by atoms with van der Waals surface area (Å²) in [5, 5.41) is 3.33. The summed E-state index contributed by atoms with van der Waals surface area (Å²) in [4.78, 5) is 2.56. The summed E-state index contributed by atoms with van der Waals surface area (Å²) in [6, 6.07) is 2.21. The maximum atomic E-state index is 11.9. The second kappa shape index (κ2) is 5.11. The Hall–Kier alpha value is -0.670. The molecule has 1 aromatic rings. The second-order valence-corrected chi connectivity index (χ2v) is 4.49. The SMILES string of the molecule is [N-]=[N+]=Nc1c(Br)cc(OC(F)(F)F)cc1I. The molecule has 0 aliphatic heterocycles. The second-order valence-electron chi connectivity index (χ2n) is 2.47. The Morgan fingerprint density at radius 1 is 1.44 bits per heavy atom. The number of hydrogen-bond donors (Lipinski definition) is 0. The molecular weight excluding hydrogens is 406 g/mol. The van der Waals surface area contributed by atoms with Gasteiger partial charge in [0.1, 0.15) is 5.75 Å². The average molecular weight is 408 g/mol. The maximum absolute atomic E-state index is 11.9. The van der Waals surface area contributed by atoms with Crippen molar-refractivity contribution < 1.29 is 17.9 Å². The molecule has 9 heteroatoms. The van der Waals surface area contributed by atoms with Crippen LogP contribution in [0.5, 0.6) is 5.75 Å². The van der Waals surface area contributed by atoms with E-state index in [9.17, 15) is 13.2 Å². The van der Waals surface area contributed by atoms with E-state index < -0.39 is 6.36 Å². The van der Waals surface area contributed by atoms with E-state index in [-0.39, 0.29) is 15.9 Å². The fraction of sp³-hybridized carbons (Fsp3) is 0.143. The van der Waals surface area contributed by atoms with Crippen LogP contribution in [0.2, 0.25) is 0 Å². The highest BCUT2D eigenvalue weighted by atomic mass is 127. The normalized spacial score (nSPS) is 10.8. The third kappa shape index (κ3) is 3.72. The van der Waals surface area contributed by atoms with E-state index in [1.54, 1.807) is 22.6 Å². The lowest BCUT2D eigenvalue weighted by Gasteiger charge is -2.10. The van der Waals surface area contributed by atoms with E-state index in [4.69, 9.17) is 5.53 Å². The van der Waals surface area contributed by atoms with Crippen molar-refractivity contribution in [3.63, 3.8) is 0 Å². The number of halogens is 5. The smallest absolute Gasteiger partial charge is 0.406 e. The van der Waals surface area contributed by atoms with Gasteiger partial charge in [-0.2, -0.15) is 0 Å². The third-order valence-electron chi connectivity index (χ3n) is 1.37.